The molecule has 0 bridgehead atoms. The quantitative estimate of drug-likeness (QED) is 0.0279. The van der Waals surface area contributed by atoms with Gasteiger partial charge in [-0.15, -0.1) is 0 Å². The molecular weight excluding hydrogens is 1180 g/mol. The molecule has 12 nitrogen and oxygen atoms in total. The monoisotopic (exact) mass is 1250 g/mol. The van der Waals surface area contributed by atoms with Gasteiger partial charge in [0.15, 0.2) is 23.5 Å². The Bertz CT molecular complexity index is 2620. The Balaban J connectivity index is 0.000000276. The summed E-state index contributed by atoms with van der Waals surface area (Å²) >= 11 is 16.2. The van der Waals surface area contributed by atoms with Gasteiger partial charge in [-0.3, -0.25) is 32.1 Å². The molecule has 0 spiro atoms. The molecule has 4 aliphatic rings. The van der Waals surface area contributed by atoms with Crippen LogP contribution in [0.4, 0.5) is 21.7 Å². The van der Waals surface area contributed by atoms with Crippen molar-refractivity contribution in [1.82, 2.24) is 0 Å². The normalized spacial score (nSPS) is 24.9. The Labute approximate surface area is 527 Å². The molecule has 4 saturated heterocycles. The van der Waals surface area contributed by atoms with Crippen molar-refractivity contribution in [2.75, 3.05) is 26.4 Å². The minimum Gasteiger partial charge on any atom is -0.458 e. The van der Waals surface area contributed by atoms with Crippen molar-refractivity contribution in [2.24, 2.45) is 11.8 Å². The Hall–Kier alpha value is -2.99. The summed E-state index contributed by atoms with van der Waals surface area (Å²) in [5.41, 5.74) is 3.99. The van der Waals surface area contributed by atoms with Gasteiger partial charge in [-0.2, -0.15) is 35.9 Å². The van der Waals surface area contributed by atoms with Gasteiger partial charge in [0.05, 0.1) is 38.6 Å². The van der Waals surface area contributed by atoms with Crippen LogP contribution < -0.4 is 51.4 Å². The van der Waals surface area contributed by atoms with Crippen LogP contribution in [0.25, 0.3) is 0 Å². The van der Waals surface area contributed by atoms with Crippen LogP contribution in [-0.2, 0) is 81.7 Å². The summed E-state index contributed by atoms with van der Waals surface area (Å²) in [6.07, 6.45) is -1.41. The third-order valence-electron chi connectivity index (χ3n) is 13.7. The second kappa shape index (κ2) is 32.9. The number of carbonyl (C=O) groups is 4. The van der Waals surface area contributed by atoms with Gasteiger partial charge in [0.1, 0.15) is 24.4 Å². The predicted molar refractivity (Wildman–Crippen MR) is 292 cm³/mol. The molecule has 4 heterocycles. The second-order valence-corrected chi connectivity index (χ2v) is 21.5. The third-order valence-corrected chi connectivity index (χ3v) is 15.1. The van der Waals surface area contributed by atoms with Crippen LogP contribution in [0.15, 0.2) is 84.9 Å². The fourth-order valence-corrected chi connectivity index (χ4v) is 10.9. The summed E-state index contributed by atoms with van der Waals surface area (Å²) in [6, 6.07) is 29.3. The van der Waals surface area contributed by atoms with Gasteiger partial charge in [0.25, 0.3) is 0 Å². The van der Waals surface area contributed by atoms with E-state index in [0.29, 0.717) is 41.1 Å². The van der Waals surface area contributed by atoms with Gasteiger partial charge in [-0.05, 0) is 71.2 Å². The number of benzene rings is 4. The fourth-order valence-electron chi connectivity index (χ4n) is 9.89. The summed E-state index contributed by atoms with van der Waals surface area (Å²) < 4.78 is 102. The van der Waals surface area contributed by atoms with E-state index in [4.69, 9.17) is 61.1 Å². The summed E-state index contributed by atoms with van der Waals surface area (Å²) in [4.78, 5) is 47.3. The molecule has 0 N–H and O–H groups in total. The Kier molecular flexibility index (Phi) is 28.6. The first-order chi connectivity index (χ1) is 37.4. The number of ether oxygens (including phenoxy) is 8. The molecule has 4 fully saturated rings. The molecule has 0 aliphatic carbocycles. The molecule has 0 aromatic heterocycles. The van der Waals surface area contributed by atoms with Crippen LogP contribution >= 0.6 is 39.1 Å². The maximum atomic E-state index is 14.4. The SMILES string of the molecule is CC[C@H]1O[C@@H](c2ccc(Cl)c(CBr)c2)[C@H](OC(C)=O)[C@@H](OC(C)=O)[C@@H]1C.CC[C@H]1O[C@@H](c2ccc(Cl)c(Cc3ccc(CC4(F)COC4)cc3)c2)[C@H](OC(C)=O)[C@@H](OC(C)=O)[C@@H]1C.FB(F)F.FC1(Cc2cc[c-]cc2)COC1.[K+]. The molecule has 0 amide bonds. The largest absolute Gasteiger partial charge is 1.00 e. The van der Waals surface area contributed by atoms with E-state index < -0.39 is 79.4 Å². The molecule has 4 aliphatic heterocycles. The first kappa shape index (κ1) is 69.5. The van der Waals surface area contributed by atoms with E-state index in [9.17, 15) is 40.9 Å². The Morgan fingerprint density at radius 1 is 0.600 bits per heavy atom. The van der Waals surface area contributed by atoms with Crippen LogP contribution in [0.1, 0.15) is 119 Å². The molecule has 10 atom stereocenters. The first-order valence-corrected chi connectivity index (χ1v) is 27.9. The van der Waals surface area contributed by atoms with Crippen LogP contribution in [-0.4, -0.2) is 106 Å². The van der Waals surface area contributed by atoms with Crippen molar-refractivity contribution < 1.29 is 130 Å². The van der Waals surface area contributed by atoms with E-state index in [2.05, 4.69) is 22.0 Å². The minimum absolute atomic E-state index is 0. The number of carbonyl (C=O) groups excluding carboxylic acids is 4. The average Bonchev–Trinajstić information content (AvgIpc) is 3.39. The van der Waals surface area contributed by atoms with Gasteiger partial charge >= 0.3 is 82.8 Å². The molecular formula is C58H68BBrCl2F5KO12. The summed E-state index contributed by atoms with van der Waals surface area (Å²) in [5, 5.41) is 1.83. The topological polar surface area (TPSA) is 142 Å². The van der Waals surface area contributed by atoms with Gasteiger partial charge in [0, 0.05) is 61.3 Å². The molecule has 4 aromatic rings. The van der Waals surface area contributed by atoms with Crippen molar-refractivity contribution >= 4 is 70.6 Å². The maximum Gasteiger partial charge on any atom is 1.00 e. The maximum absolute atomic E-state index is 14.4. The van der Waals surface area contributed by atoms with E-state index in [1.54, 1.807) is 24.3 Å². The average molecular weight is 1250 g/mol. The Morgan fingerprint density at radius 3 is 1.30 bits per heavy atom. The van der Waals surface area contributed by atoms with Crippen molar-refractivity contribution in [2.45, 2.75) is 153 Å². The molecule has 80 heavy (non-hydrogen) atoms. The van der Waals surface area contributed by atoms with Gasteiger partial charge < -0.3 is 37.9 Å². The van der Waals surface area contributed by atoms with Crippen LogP contribution in [0.5, 0.6) is 0 Å². The third kappa shape index (κ3) is 20.7. The number of hydrogen-bond acceptors (Lipinski definition) is 12. The van der Waals surface area contributed by atoms with Crippen LogP contribution in [0.2, 0.25) is 10.0 Å². The summed E-state index contributed by atoms with van der Waals surface area (Å²) in [6.45, 7) is 14.1. The zero-order valence-electron chi connectivity index (χ0n) is 46.4. The Morgan fingerprint density at radius 2 is 0.950 bits per heavy atom. The predicted octanol–water partition coefficient (Wildman–Crippen LogP) is 9.80. The molecule has 0 unspecified atom stereocenters. The zero-order chi connectivity index (χ0) is 58.2. The number of hydrogen-bond donors (Lipinski definition) is 0. The first-order valence-electron chi connectivity index (χ1n) is 26.0. The molecule has 432 valence electrons. The molecule has 0 saturated carbocycles. The smallest absolute Gasteiger partial charge is 0.458 e. The van der Waals surface area contributed by atoms with Gasteiger partial charge in [0.2, 0.25) is 0 Å². The standard InChI is InChI=1S/C29H34ClFO6.C19H24BrClO5.C10H10FO.BF3.K/c1-5-25-17(2)26(35-18(3)32)28(36-19(4)33)27(37-25)22-10-11-24(30)23(13-22)12-20-6-8-21(9-7-20)14-29(31)15-34-16-29;1-5-16-10(2)17(24-11(3)22)19(25-12(4)23)18(26-16)13-6-7-15(21)14(8-13)9-20;11-10(7-12-8-10)6-9-4-2-1-3-5-9;2-1(3)4;/h6-11,13,17,25-28H,5,12,14-16H2,1-4H3;6-8,10,16-19H,5,9H2,1-4H3;2-5H,6-8H2;;/q;;-1;;+1/t17-,25-,26+,27+,28-;10-,16-,17+,18+,19-;;;/m11.../s1. The molecule has 22 heteroatoms. The number of esters is 4. The number of alkyl halides is 3. The van der Waals surface area contributed by atoms with E-state index >= 15 is 0 Å². The van der Waals surface area contributed by atoms with Crippen molar-refractivity contribution in [3.05, 3.63) is 140 Å². The second-order valence-electron chi connectivity index (χ2n) is 20.1. The van der Waals surface area contributed by atoms with E-state index in [1.807, 2.05) is 88.4 Å². The number of rotatable bonds is 15. The molecule has 4 aromatic carbocycles. The number of halogens is 8. The van der Waals surface area contributed by atoms with E-state index in [-0.39, 0.29) is 102 Å². The van der Waals surface area contributed by atoms with Gasteiger partial charge in [-0.1, -0.05) is 115 Å². The zero-order valence-corrected chi connectivity index (χ0v) is 52.6. The van der Waals surface area contributed by atoms with Gasteiger partial charge in [-0.25, -0.2) is 8.78 Å². The fraction of sp³-hybridized carbons (Fsp3) is 0.517. The summed E-state index contributed by atoms with van der Waals surface area (Å²) in [5.74, 6) is -2.03. The van der Waals surface area contributed by atoms with Crippen molar-refractivity contribution in [3.63, 3.8) is 0 Å². The van der Waals surface area contributed by atoms with E-state index in [0.717, 1.165) is 45.4 Å². The minimum atomic E-state index is -3.67. The van der Waals surface area contributed by atoms with Crippen LogP contribution in [0.3, 0.4) is 0 Å². The molecule has 8 rings (SSSR count). The van der Waals surface area contributed by atoms with E-state index in [1.165, 1.54) is 27.7 Å². The van der Waals surface area contributed by atoms with Crippen molar-refractivity contribution in [1.29, 1.82) is 0 Å². The summed E-state index contributed by atoms with van der Waals surface area (Å²) in [7, 11) is -3.67. The molecule has 0 radical (unpaired) electrons. The van der Waals surface area contributed by atoms with Crippen molar-refractivity contribution in [3.8, 4) is 0 Å². The van der Waals surface area contributed by atoms with Crippen LogP contribution in [0, 0.1) is 17.9 Å².